The zero-order valence-corrected chi connectivity index (χ0v) is 66.2. The van der Waals surface area contributed by atoms with Gasteiger partial charge in [-0.15, -0.1) is 0 Å². The zero-order valence-electron chi connectivity index (χ0n) is 64.7. The minimum atomic E-state index is -2.39. The lowest BCUT2D eigenvalue weighted by atomic mass is 9.84. The van der Waals surface area contributed by atoms with Crippen LogP contribution in [0.1, 0.15) is 163 Å². The number of phenolic OH excluding ortho intramolecular Hbond substituents is 3. The van der Waals surface area contributed by atoms with E-state index in [-0.39, 0.29) is 54.4 Å². The lowest BCUT2D eigenvalue weighted by Crippen LogP contribution is -2.66. The van der Waals surface area contributed by atoms with E-state index in [0.717, 1.165) is 112 Å². The molecule has 7 aliphatic rings. The normalized spacial score (nSPS) is 27.3. The van der Waals surface area contributed by atoms with Gasteiger partial charge in [-0.1, -0.05) is 107 Å². The molecule has 11 bridgehead atoms. The third-order valence-electron chi connectivity index (χ3n) is 21.0. The van der Waals surface area contributed by atoms with Gasteiger partial charge < -0.3 is 138 Å². The molecule has 636 valence electrons. The predicted molar refractivity (Wildman–Crippen MR) is 413 cm³/mol. The maximum Gasteiger partial charge on any atom is 0.334 e. The summed E-state index contributed by atoms with van der Waals surface area (Å²) in [5.74, 6) is -17.7. The quantitative estimate of drug-likeness (QED) is 0.0335. The van der Waals surface area contributed by atoms with Gasteiger partial charge >= 0.3 is 11.9 Å². The molecule has 0 saturated carbocycles. The molecule has 2 saturated heterocycles. The highest BCUT2D eigenvalue weighted by Crippen LogP contribution is 2.50. The van der Waals surface area contributed by atoms with Crippen LogP contribution in [0.25, 0.3) is 11.1 Å². The number of primary amides is 1. The van der Waals surface area contributed by atoms with Crippen LogP contribution in [0.3, 0.4) is 0 Å². The molecule has 0 spiro atoms. The first kappa shape index (κ1) is 89.6. The molecular weight excluding hydrogens is 1580 g/mol. The van der Waals surface area contributed by atoms with Gasteiger partial charge in [0.25, 0.3) is 0 Å². The molecule has 7 aliphatic heterocycles. The van der Waals surface area contributed by atoms with E-state index in [9.17, 15) is 84.9 Å². The van der Waals surface area contributed by atoms with Crippen molar-refractivity contribution in [2.45, 2.75) is 221 Å². The fourth-order valence-corrected chi connectivity index (χ4v) is 15.1. The molecule has 0 aromatic heterocycles. The number of nitrogens with two attached hydrogens (primary N) is 1. The van der Waals surface area contributed by atoms with Gasteiger partial charge in [-0.05, 0) is 117 Å². The number of halogens is 2. The highest BCUT2D eigenvalue weighted by atomic mass is 35.5. The Morgan fingerprint density at radius 1 is 0.684 bits per heavy atom. The van der Waals surface area contributed by atoms with E-state index < -0.39 is 254 Å². The van der Waals surface area contributed by atoms with Crippen LogP contribution in [0.4, 0.5) is 0 Å². The maximum absolute atomic E-state index is 16.2. The number of unbranched alkanes of at least 4 members (excludes halogenated alkanes) is 7. The van der Waals surface area contributed by atoms with Crippen molar-refractivity contribution in [1.82, 2.24) is 42.5 Å². The second kappa shape index (κ2) is 39.2. The Bertz CT molecular complexity index is 4490. The van der Waals surface area contributed by atoms with E-state index >= 15 is 14.4 Å². The number of aromatic hydroxyl groups is 3. The number of amides is 7. The van der Waals surface area contributed by atoms with Crippen molar-refractivity contribution in [2.24, 2.45) is 11.7 Å². The Hall–Kier alpha value is -9.77. The van der Waals surface area contributed by atoms with Crippen LogP contribution in [0.2, 0.25) is 10.0 Å². The lowest BCUT2D eigenvalue weighted by Gasteiger charge is -2.48. The number of rotatable bonds is 27. The minimum Gasteiger partial charge on any atom is -0.508 e. The molecule has 5 aromatic carbocycles. The molecule has 12 rings (SSSR count). The van der Waals surface area contributed by atoms with E-state index in [2.05, 4.69) is 49.5 Å². The minimum absolute atomic E-state index is 0.116. The van der Waals surface area contributed by atoms with Gasteiger partial charge in [-0.25, -0.2) is 9.59 Å². The van der Waals surface area contributed by atoms with Gasteiger partial charge in [-0.2, -0.15) is 0 Å². The van der Waals surface area contributed by atoms with Gasteiger partial charge in [0.05, 0.1) is 41.3 Å². The number of aliphatic hydroxyl groups excluding tert-OH is 6. The number of carbonyl (C=O) groups excluding carboxylic acids is 7. The molecule has 19 atom stereocenters. The first-order chi connectivity index (χ1) is 55.5. The number of aliphatic carboxylic acids is 2. The first-order valence-electron chi connectivity index (χ1n) is 38.3. The van der Waals surface area contributed by atoms with Crippen LogP contribution < -0.4 is 62.5 Å². The van der Waals surface area contributed by atoms with Gasteiger partial charge in [0, 0.05) is 47.9 Å². The standard InChI is InChI=1S/C79H99Cl2N9O27/c1-7-8-9-10-11-12-13-14-21-111-53(76(107)108)32-84-79(5)31-56(112-35(4)69(79)100)116-68-66(99)65(98)54(33-91)115-78(68)117-67-51-26-39-27-52(67)114-50-20-17-38(25-44(50)81)64(97)62-75(106)88-60(77(109)110)42-28-40(92)29-48(94)57(42)41-23-36(15-18-47(41)93)58(72(103)90-62)87-73(104)59(39)86-71(102)46(30-55(82)95)85-74(105)61(89-70(101)45(83-6)22-34(2)3)63(96)37-16-19-49(113-51)43(80)24-37/h15-20,23-29,34-35,45-46,53-54,56,58-66,68-69,78,83-84,91-94,96-100H,7-14,21-22,30-33H2,1-6H3,(H2,82,95)(H,85,105)(H,86,102)(H,87,104)(H,88,106)(H,89,101)(H,90,103)(H,107,108)(H,109,110)/t35?,45-,46?,53?,54?,56?,58?,59?,60?,61+,62+,63?,64-,65?,66?,68?,69?,78?,79?/m1/s1. The summed E-state index contributed by atoms with van der Waals surface area (Å²) < 4.78 is 45.0. The summed E-state index contributed by atoms with van der Waals surface area (Å²) in [6.45, 7) is 7.57. The molecule has 7 amide bonds. The molecule has 0 aliphatic carbocycles. The summed E-state index contributed by atoms with van der Waals surface area (Å²) in [5, 5.41) is 146. The molecular formula is C79H99Cl2N9O27. The smallest absolute Gasteiger partial charge is 0.334 e. The predicted octanol–water partition coefficient (Wildman–Crippen LogP) is 3.35. The number of phenols is 3. The van der Waals surface area contributed by atoms with Crippen LogP contribution in [0, 0.1) is 5.92 Å². The average Bonchev–Trinajstić information content (AvgIpc) is 0.784. The molecule has 21 N–H and O–H groups in total. The Balaban J connectivity index is 1.16. The summed E-state index contributed by atoms with van der Waals surface area (Å²) in [6, 6.07) is -0.998. The SMILES string of the molecule is CCCCCCCCCCOC(CNC1(C)CC(OC2C(Oc3c4cc5cc3Oc3ccc(cc3Cl)[C@@H](O)[C@@H]3NC(=O)C(NC(=O)C5NC(=O)C(CC(N)=O)NC(=O)[C@@H](NC(=O)[C@@H](CC(C)C)NC)C(O)c5ccc(c(Cl)c5)O4)c4ccc(O)c(c4)-c4c(O)cc(O)cc4C(C(=O)O)NC3=O)OC(CO)C(O)C2O)OC(C)C1O)C(=O)O. The third-order valence-corrected chi connectivity index (χ3v) is 21.6. The van der Waals surface area contributed by atoms with E-state index in [1.165, 1.54) is 26.1 Å². The van der Waals surface area contributed by atoms with E-state index in [4.69, 9.17) is 62.1 Å². The van der Waals surface area contributed by atoms with Gasteiger partial charge in [0.1, 0.15) is 89.5 Å². The van der Waals surface area contributed by atoms with E-state index in [0.29, 0.717) is 6.42 Å². The number of carboxylic acids is 2. The van der Waals surface area contributed by atoms with Crippen LogP contribution in [-0.4, -0.2) is 221 Å². The number of nitrogens with one attached hydrogen (secondary N) is 8. The fraction of sp³-hybridized carbons (Fsp3) is 0.506. The topological polar surface area (TPSA) is 563 Å². The molecule has 7 heterocycles. The lowest BCUT2D eigenvalue weighted by molar-refractivity contribution is -0.334. The summed E-state index contributed by atoms with van der Waals surface area (Å²) >= 11 is 14.3. The number of fused-ring (bicyclic) bond motifs is 15. The molecule has 5 aromatic rings. The highest BCUT2D eigenvalue weighted by Gasteiger charge is 2.53. The second-order valence-electron chi connectivity index (χ2n) is 30.2. The van der Waals surface area contributed by atoms with Gasteiger partial charge in [0.15, 0.2) is 36.0 Å². The number of hydrogen-bond acceptors (Lipinski definition) is 27. The van der Waals surface area contributed by atoms with Crippen molar-refractivity contribution in [1.29, 1.82) is 0 Å². The summed E-state index contributed by atoms with van der Waals surface area (Å²) in [4.78, 5) is 131. The largest absolute Gasteiger partial charge is 0.508 e. The second-order valence-corrected chi connectivity index (χ2v) is 31.0. The summed E-state index contributed by atoms with van der Waals surface area (Å²) in [6.07, 6.45) is -13.2. The Morgan fingerprint density at radius 2 is 1.29 bits per heavy atom. The first-order valence-corrected chi connectivity index (χ1v) is 39.0. The van der Waals surface area contributed by atoms with Crippen molar-refractivity contribution in [2.75, 3.05) is 26.8 Å². The number of carboxylic acid groups (broad SMARTS) is 2. The third kappa shape index (κ3) is 21.2. The van der Waals surface area contributed by atoms with Crippen LogP contribution in [0.15, 0.2) is 78.9 Å². The van der Waals surface area contributed by atoms with Crippen molar-refractivity contribution in [3.8, 4) is 57.1 Å². The Morgan fingerprint density at radius 3 is 1.89 bits per heavy atom. The van der Waals surface area contributed by atoms with Gasteiger partial charge in [-0.3, -0.25) is 33.6 Å². The average molecular weight is 1680 g/mol. The molecule has 117 heavy (non-hydrogen) atoms. The van der Waals surface area contributed by atoms with E-state index in [1.807, 2.05) is 13.8 Å². The number of likely N-dealkylation sites (N-methyl/N-ethyl adjacent to an activating group) is 1. The van der Waals surface area contributed by atoms with Gasteiger partial charge in [0.2, 0.25) is 53.4 Å². The van der Waals surface area contributed by atoms with Crippen molar-refractivity contribution >= 4 is 76.5 Å². The Kier molecular flexibility index (Phi) is 30.0. The van der Waals surface area contributed by atoms with Crippen molar-refractivity contribution < 1.29 is 132 Å². The molecule has 2 fully saturated rings. The number of ether oxygens (including phenoxy) is 7. The molecule has 36 nitrogen and oxygen atoms in total. The summed E-state index contributed by atoms with van der Waals surface area (Å²) in [5.41, 5.74) is 1.33. The summed E-state index contributed by atoms with van der Waals surface area (Å²) in [7, 11) is 1.47. The molecule has 38 heteroatoms. The van der Waals surface area contributed by atoms with Crippen LogP contribution >= 0.6 is 23.2 Å². The van der Waals surface area contributed by atoms with Crippen LogP contribution in [-0.2, 0) is 62.1 Å². The highest BCUT2D eigenvalue weighted by molar-refractivity contribution is 6.32. The number of benzene rings is 5. The maximum atomic E-state index is 16.2. The number of aliphatic hydroxyl groups is 6. The zero-order chi connectivity index (χ0) is 85.2. The molecule has 15 unspecified atom stereocenters. The Labute approximate surface area is 681 Å². The van der Waals surface area contributed by atoms with Crippen molar-refractivity contribution in [3.05, 3.63) is 117 Å². The van der Waals surface area contributed by atoms with E-state index in [1.54, 1.807) is 6.92 Å². The number of carbonyl (C=O) groups is 9. The molecule has 0 radical (unpaired) electrons. The van der Waals surface area contributed by atoms with Crippen LogP contribution in [0.5, 0.6) is 46.0 Å². The fourth-order valence-electron chi connectivity index (χ4n) is 14.6. The number of hydrogen-bond donors (Lipinski definition) is 20. The monoisotopic (exact) mass is 1680 g/mol. The van der Waals surface area contributed by atoms with Crippen molar-refractivity contribution in [3.63, 3.8) is 0 Å².